The molecule has 0 aromatic carbocycles. The minimum atomic E-state index is 0.00190. The lowest BCUT2D eigenvalue weighted by Gasteiger charge is -2.07. The van der Waals surface area contributed by atoms with Crippen molar-refractivity contribution in [2.24, 2.45) is 0 Å². The highest BCUT2D eigenvalue weighted by Gasteiger charge is 2.06. The van der Waals surface area contributed by atoms with Crippen molar-refractivity contribution in [3.05, 3.63) is 0 Å². The molecule has 0 radical (unpaired) electrons. The maximum absolute atomic E-state index is 11.7. The summed E-state index contributed by atoms with van der Waals surface area (Å²) in [7, 11) is 0. The van der Waals surface area contributed by atoms with Crippen molar-refractivity contribution in [1.82, 2.24) is 10.6 Å². The molecule has 2 amide bonds. The maximum Gasteiger partial charge on any atom is 0.220 e. The number of hydrogen-bond donors (Lipinski definition) is 2. The number of carbonyl (C=O) groups is 2. The van der Waals surface area contributed by atoms with E-state index in [9.17, 15) is 9.59 Å². The molecule has 0 spiro atoms. The van der Waals surface area contributed by atoms with Crippen LogP contribution in [0.25, 0.3) is 0 Å². The molecule has 26 heavy (non-hydrogen) atoms. The Balaban J connectivity index is 3.33. The molecule has 0 aromatic rings. The first kappa shape index (κ1) is 24.9. The topological polar surface area (TPSA) is 58.2 Å². The van der Waals surface area contributed by atoms with E-state index in [1.807, 2.05) is 0 Å². The van der Waals surface area contributed by atoms with Gasteiger partial charge in [0.15, 0.2) is 0 Å². The number of unbranched alkanes of at least 4 members (excludes halogenated alkanes) is 12. The molecule has 4 nitrogen and oxygen atoms in total. The van der Waals surface area contributed by atoms with Crippen molar-refractivity contribution in [3.8, 4) is 0 Å². The average molecular weight is 369 g/mol. The van der Waals surface area contributed by atoms with E-state index >= 15 is 0 Å². The highest BCUT2D eigenvalue weighted by molar-refractivity contribution is 5.83. The summed E-state index contributed by atoms with van der Waals surface area (Å²) in [6, 6.07) is 0. The fourth-order valence-corrected chi connectivity index (χ4v) is 3.02. The van der Waals surface area contributed by atoms with Gasteiger partial charge in [-0.3, -0.25) is 9.59 Å². The lowest BCUT2D eigenvalue weighted by Crippen LogP contribution is -2.28. The van der Waals surface area contributed by atoms with E-state index in [1.165, 1.54) is 77.0 Å². The van der Waals surface area contributed by atoms with E-state index in [-0.39, 0.29) is 11.8 Å². The van der Waals surface area contributed by atoms with Gasteiger partial charge in [0.1, 0.15) is 0 Å². The third-order valence-electron chi connectivity index (χ3n) is 4.78. The largest absolute Gasteiger partial charge is 0.356 e. The Bertz CT molecular complexity index is 300. The normalized spacial score (nSPS) is 10.7. The molecule has 0 saturated carbocycles. The van der Waals surface area contributed by atoms with E-state index in [2.05, 4.69) is 24.5 Å². The van der Waals surface area contributed by atoms with E-state index in [4.69, 9.17) is 0 Å². The third kappa shape index (κ3) is 19.3. The molecular formula is C22H44N2O2. The summed E-state index contributed by atoms with van der Waals surface area (Å²) < 4.78 is 0. The lowest BCUT2D eigenvalue weighted by molar-refractivity contribution is -0.126. The maximum atomic E-state index is 11.7. The second kappa shape index (κ2) is 20.3. The molecule has 4 heteroatoms. The predicted octanol–water partition coefficient (Wildman–Crippen LogP) is 5.50. The number of carbonyl (C=O) groups excluding carboxylic acids is 2. The van der Waals surface area contributed by atoms with E-state index < -0.39 is 0 Å². The Hall–Kier alpha value is -1.06. The Kier molecular flexibility index (Phi) is 19.4. The molecule has 0 aliphatic carbocycles. The molecule has 0 fully saturated rings. The monoisotopic (exact) mass is 368 g/mol. The van der Waals surface area contributed by atoms with Crippen molar-refractivity contribution < 1.29 is 9.59 Å². The molecule has 0 aromatic heterocycles. The summed E-state index contributed by atoms with van der Waals surface area (Å²) in [5, 5.41) is 5.84. The van der Waals surface area contributed by atoms with Gasteiger partial charge in [0.25, 0.3) is 0 Å². The predicted molar refractivity (Wildman–Crippen MR) is 111 cm³/mol. The lowest BCUT2D eigenvalue weighted by atomic mass is 10.1. The van der Waals surface area contributed by atoms with Crippen LogP contribution in [0, 0.1) is 0 Å². The third-order valence-corrected chi connectivity index (χ3v) is 4.78. The zero-order valence-electron chi connectivity index (χ0n) is 17.5. The van der Waals surface area contributed by atoms with Crippen LogP contribution in [-0.2, 0) is 9.59 Å². The van der Waals surface area contributed by atoms with Crippen LogP contribution in [0.2, 0.25) is 0 Å². The summed E-state index contributed by atoms with van der Waals surface area (Å²) in [6.45, 7) is 5.94. The van der Waals surface area contributed by atoms with Crippen LogP contribution in [-0.4, -0.2) is 24.9 Å². The highest BCUT2D eigenvalue weighted by Crippen LogP contribution is 2.07. The number of rotatable bonds is 19. The molecular weight excluding hydrogens is 324 g/mol. The van der Waals surface area contributed by atoms with Crippen molar-refractivity contribution in [2.75, 3.05) is 13.1 Å². The van der Waals surface area contributed by atoms with E-state index in [0.717, 1.165) is 25.9 Å². The Labute approximate surface area is 162 Å². The van der Waals surface area contributed by atoms with Crippen molar-refractivity contribution in [1.29, 1.82) is 0 Å². The van der Waals surface area contributed by atoms with E-state index in [1.54, 1.807) is 0 Å². The van der Waals surface area contributed by atoms with Crippen molar-refractivity contribution in [3.63, 3.8) is 0 Å². The van der Waals surface area contributed by atoms with Crippen molar-refractivity contribution >= 4 is 11.8 Å². The second-order valence-corrected chi connectivity index (χ2v) is 7.44. The quantitative estimate of drug-likeness (QED) is 0.296. The van der Waals surface area contributed by atoms with Crippen LogP contribution in [0.1, 0.15) is 117 Å². The Morgan fingerprint density at radius 3 is 1.15 bits per heavy atom. The standard InChI is InChI=1S/C22H44N2O2/c1-3-5-7-9-11-13-15-19-23-21(25)17-18-22(26)24-20-16-14-12-10-8-6-4-2/h3-20H2,1-2H3,(H,23,25)(H,24,26). The van der Waals surface area contributed by atoms with Gasteiger partial charge >= 0.3 is 0 Å². The highest BCUT2D eigenvalue weighted by atomic mass is 16.2. The number of hydrogen-bond acceptors (Lipinski definition) is 2. The molecule has 0 heterocycles. The van der Waals surface area contributed by atoms with Gasteiger partial charge in [-0.15, -0.1) is 0 Å². The van der Waals surface area contributed by atoms with Gasteiger partial charge in [0.2, 0.25) is 11.8 Å². The fraction of sp³-hybridized carbons (Fsp3) is 0.909. The summed E-state index contributed by atoms with van der Waals surface area (Å²) in [6.07, 6.45) is 18.1. The van der Waals surface area contributed by atoms with Gasteiger partial charge < -0.3 is 10.6 Å². The average Bonchev–Trinajstić information content (AvgIpc) is 2.64. The number of amides is 2. The minimum Gasteiger partial charge on any atom is -0.356 e. The minimum absolute atomic E-state index is 0.00190. The number of nitrogens with one attached hydrogen (secondary N) is 2. The van der Waals surface area contributed by atoms with Gasteiger partial charge in [0, 0.05) is 25.9 Å². The Morgan fingerprint density at radius 2 is 0.808 bits per heavy atom. The van der Waals surface area contributed by atoms with Gasteiger partial charge in [-0.05, 0) is 12.8 Å². The zero-order valence-corrected chi connectivity index (χ0v) is 17.5. The van der Waals surface area contributed by atoms with Crippen molar-refractivity contribution in [2.45, 2.75) is 117 Å². The molecule has 0 atom stereocenters. The van der Waals surface area contributed by atoms with Crippen LogP contribution >= 0.6 is 0 Å². The van der Waals surface area contributed by atoms with Crippen LogP contribution in [0.5, 0.6) is 0 Å². The summed E-state index contributed by atoms with van der Waals surface area (Å²) >= 11 is 0. The summed E-state index contributed by atoms with van der Waals surface area (Å²) in [5.41, 5.74) is 0. The molecule has 0 aliphatic rings. The van der Waals surface area contributed by atoms with Crippen LogP contribution < -0.4 is 10.6 Å². The first-order chi connectivity index (χ1) is 12.7. The Morgan fingerprint density at radius 1 is 0.500 bits per heavy atom. The summed E-state index contributed by atoms with van der Waals surface area (Å²) in [4.78, 5) is 23.5. The first-order valence-corrected chi connectivity index (χ1v) is 11.2. The van der Waals surface area contributed by atoms with Crippen LogP contribution in [0.4, 0.5) is 0 Å². The fourth-order valence-electron chi connectivity index (χ4n) is 3.02. The molecule has 0 bridgehead atoms. The second-order valence-electron chi connectivity index (χ2n) is 7.44. The molecule has 0 saturated heterocycles. The van der Waals surface area contributed by atoms with Gasteiger partial charge in [0.05, 0.1) is 0 Å². The molecule has 0 rings (SSSR count). The molecule has 0 aliphatic heterocycles. The van der Waals surface area contributed by atoms with E-state index in [0.29, 0.717) is 12.8 Å². The van der Waals surface area contributed by atoms with Gasteiger partial charge in [-0.1, -0.05) is 90.9 Å². The molecule has 154 valence electrons. The smallest absolute Gasteiger partial charge is 0.220 e. The first-order valence-electron chi connectivity index (χ1n) is 11.2. The summed E-state index contributed by atoms with van der Waals surface area (Å²) in [5.74, 6) is 0.00381. The molecule has 2 N–H and O–H groups in total. The molecule has 0 unspecified atom stereocenters. The van der Waals surface area contributed by atoms with Gasteiger partial charge in [-0.2, -0.15) is 0 Å². The van der Waals surface area contributed by atoms with Gasteiger partial charge in [-0.25, -0.2) is 0 Å². The SMILES string of the molecule is CCCCCCCCCNC(=O)CCC(=O)NCCCCCCCCC. The van der Waals surface area contributed by atoms with Crippen LogP contribution in [0.3, 0.4) is 0 Å². The zero-order chi connectivity index (χ0) is 19.3. The van der Waals surface area contributed by atoms with Crippen LogP contribution in [0.15, 0.2) is 0 Å².